The molecule has 0 fully saturated rings. The standard InChI is InChI=1S/C15H18O4/c1-4-11(2)10-19-15(17)8-6-12-5-7-13(16)14(9-12)18-3/h4-9,16H,10H2,1-3H3/b8-6+,11-4+. The molecule has 0 aliphatic rings. The molecule has 1 aromatic carbocycles. The van der Waals surface area contributed by atoms with Gasteiger partial charge in [-0.2, -0.15) is 0 Å². The Morgan fingerprint density at radius 1 is 1.42 bits per heavy atom. The van der Waals surface area contributed by atoms with E-state index in [2.05, 4.69) is 0 Å². The van der Waals surface area contributed by atoms with E-state index in [0.29, 0.717) is 12.4 Å². The van der Waals surface area contributed by atoms with Crippen molar-refractivity contribution < 1.29 is 19.4 Å². The van der Waals surface area contributed by atoms with Gasteiger partial charge in [0.15, 0.2) is 11.5 Å². The molecule has 0 aromatic heterocycles. The minimum Gasteiger partial charge on any atom is -0.504 e. The maximum Gasteiger partial charge on any atom is 0.331 e. The van der Waals surface area contributed by atoms with Gasteiger partial charge in [-0.15, -0.1) is 0 Å². The lowest BCUT2D eigenvalue weighted by molar-refractivity contribution is -0.136. The molecule has 0 amide bonds. The number of hydrogen-bond acceptors (Lipinski definition) is 4. The highest BCUT2D eigenvalue weighted by molar-refractivity contribution is 5.87. The molecule has 1 N–H and O–H groups in total. The number of carbonyl (C=O) groups is 1. The molecule has 0 aliphatic heterocycles. The lowest BCUT2D eigenvalue weighted by Gasteiger charge is -2.04. The second-order valence-electron chi connectivity index (χ2n) is 4.01. The molecule has 4 heteroatoms. The third kappa shape index (κ3) is 4.87. The van der Waals surface area contributed by atoms with Crippen molar-refractivity contribution >= 4 is 12.0 Å². The summed E-state index contributed by atoms with van der Waals surface area (Å²) >= 11 is 0. The molecule has 0 radical (unpaired) electrons. The van der Waals surface area contributed by atoms with Crippen LogP contribution in [0.3, 0.4) is 0 Å². The number of phenolic OH excluding ortho intramolecular Hbond substituents is 1. The summed E-state index contributed by atoms with van der Waals surface area (Å²) in [6, 6.07) is 4.82. The van der Waals surface area contributed by atoms with Gasteiger partial charge in [-0.3, -0.25) is 0 Å². The van der Waals surface area contributed by atoms with Crippen LogP contribution in [0.4, 0.5) is 0 Å². The molecule has 1 rings (SSSR count). The number of hydrogen-bond donors (Lipinski definition) is 1. The van der Waals surface area contributed by atoms with Crippen molar-refractivity contribution in [3.05, 3.63) is 41.5 Å². The second-order valence-corrected chi connectivity index (χ2v) is 4.01. The summed E-state index contributed by atoms with van der Waals surface area (Å²) in [6.45, 7) is 4.07. The fourth-order valence-electron chi connectivity index (χ4n) is 1.28. The van der Waals surface area contributed by atoms with Gasteiger partial charge in [0, 0.05) is 6.08 Å². The van der Waals surface area contributed by atoms with E-state index in [1.165, 1.54) is 19.3 Å². The highest BCUT2D eigenvalue weighted by Gasteiger charge is 2.01. The van der Waals surface area contributed by atoms with Gasteiger partial charge in [0.25, 0.3) is 0 Å². The van der Waals surface area contributed by atoms with Crippen LogP contribution >= 0.6 is 0 Å². The van der Waals surface area contributed by atoms with Crippen molar-refractivity contribution in [2.24, 2.45) is 0 Å². The summed E-state index contributed by atoms with van der Waals surface area (Å²) in [7, 11) is 1.47. The first-order chi connectivity index (χ1) is 9.06. The van der Waals surface area contributed by atoms with Crippen molar-refractivity contribution in [3.63, 3.8) is 0 Å². The quantitative estimate of drug-likeness (QED) is 0.503. The molecule has 102 valence electrons. The number of allylic oxidation sites excluding steroid dienone is 1. The minimum absolute atomic E-state index is 0.0611. The molecule has 0 unspecified atom stereocenters. The van der Waals surface area contributed by atoms with Crippen LogP contribution in [0.2, 0.25) is 0 Å². The highest BCUT2D eigenvalue weighted by Crippen LogP contribution is 2.26. The third-order valence-corrected chi connectivity index (χ3v) is 2.55. The lowest BCUT2D eigenvalue weighted by atomic mass is 10.2. The molecule has 0 spiro atoms. The van der Waals surface area contributed by atoms with E-state index in [-0.39, 0.29) is 5.75 Å². The van der Waals surface area contributed by atoms with Crippen LogP contribution in [0.1, 0.15) is 19.4 Å². The summed E-state index contributed by atoms with van der Waals surface area (Å²) in [4.78, 5) is 11.4. The van der Waals surface area contributed by atoms with Crippen molar-refractivity contribution in [1.29, 1.82) is 0 Å². The van der Waals surface area contributed by atoms with Crippen LogP contribution in [0.25, 0.3) is 6.08 Å². The third-order valence-electron chi connectivity index (χ3n) is 2.55. The summed E-state index contributed by atoms with van der Waals surface area (Å²) in [5.74, 6) is 0.0134. The summed E-state index contributed by atoms with van der Waals surface area (Å²) < 4.78 is 10.0. The normalized spacial score (nSPS) is 11.6. The van der Waals surface area contributed by atoms with Crippen LogP contribution in [0, 0.1) is 0 Å². The topological polar surface area (TPSA) is 55.8 Å². The number of ether oxygens (including phenoxy) is 2. The zero-order valence-electron chi connectivity index (χ0n) is 11.3. The van der Waals surface area contributed by atoms with Crippen LogP contribution in [0.15, 0.2) is 35.9 Å². The van der Waals surface area contributed by atoms with E-state index in [4.69, 9.17) is 9.47 Å². The van der Waals surface area contributed by atoms with E-state index in [0.717, 1.165) is 11.1 Å². The Bertz CT molecular complexity index is 501. The van der Waals surface area contributed by atoms with Gasteiger partial charge in [0.1, 0.15) is 6.61 Å². The molecule has 0 saturated heterocycles. The first-order valence-corrected chi connectivity index (χ1v) is 5.90. The predicted octanol–water partition coefficient (Wildman–Crippen LogP) is 2.92. The molecule has 0 saturated carbocycles. The van der Waals surface area contributed by atoms with Crippen molar-refractivity contribution in [2.75, 3.05) is 13.7 Å². The molecule has 4 nitrogen and oxygen atoms in total. The molecule has 19 heavy (non-hydrogen) atoms. The number of carbonyl (C=O) groups excluding carboxylic acids is 1. The van der Waals surface area contributed by atoms with Gasteiger partial charge in [-0.1, -0.05) is 12.1 Å². The largest absolute Gasteiger partial charge is 0.504 e. The Morgan fingerprint density at radius 2 is 2.16 bits per heavy atom. The van der Waals surface area contributed by atoms with E-state index in [1.54, 1.807) is 18.2 Å². The van der Waals surface area contributed by atoms with Gasteiger partial charge in [-0.25, -0.2) is 4.79 Å². The zero-order valence-corrected chi connectivity index (χ0v) is 11.3. The monoisotopic (exact) mass is 262 g/mol. The number of methoxy groups -OCH3 is 1. The molecule has 0 aliphatic carbocycles. The number of benzene rings is 1. The molecule has 1 aromatic rings. The number of phenols is 1. The average Bonchev–Trinajstić information content (AvgIpc) is 2.43. The Hall–Kier alpha value is -2.23. The molecular formula is C15H18O4. The fraction of sp³-hybridized carbons (Fsp3) is 0.267. The summed E-state index contributed by atoms with van der Waals surface area (Å²) in [6.07, 6.45) is 4.84. The van der Waals surface area contributed by atoms with E-state index < -0.39 is 5.97 Å². The Balaban J connectivity index is 2.63. The zero-order chi connectivity index (χ0) is 14.3. The second kappa shape index (κ2) is 7.26. The number of aromatic hydroxyl groups is 1. The Morgan fingerprint density at radius 3 is 2.79 bits per heavy atom. The van der Waals surface area contributed by atoms with E-state index in [9.17, 15) is 9.90 Å². The van der Waals surface area contributed by atoms with Crippen LogP contribution in [0.5, 0.6) is 11.5 Å². The Kier molecular flexibility index (Phi) is 5.67. The number of esters is 1. The summed E-state index contributed by atoms with van der Waals surface area (Å²) in [5.41, 5.74) is 1.74. The Labute approximate surface area is 113 Å². The fourth-order valence-corrected chi connectivity index (χ4v) is 1.28. The van der Waals surface area contributed by atoms with Crippen LogP contribution in [-0.4, -0.2) is 24.8 Å². The van der Waals surface area contributed by atoms with Crippen molar-refractivity contribution in [1.82, 2.24) is 0 Å². The first-order valence-electron chi connectivity index (χ1n) is 5.90. The van der Waals surface area contributed by atoms with Gasteiger partial charge >= 0.3 is 5.97 Å². The molecule has 0 bridgehead atoms. The lowest BCUT2D eigenvalue weighted by Crippen LogP contribution is -2.02. The SMILES string of the molecule is C/C=C(\C)COC(=O)/C=C/c1ccc(O)c(OC)c1. The van der Waals surface area contributed by atoms with Gasteiger partial charge in [0.05, 0.1) is 7.11 Å². The first kappa shape index (κ1) is 14.8. The smallest absolute Gasteiger partial charge is 0.331 e. The van der Waals surface area contributed by atoms with Crippen LogP contribution < -0.4 is 4.74 Å². The predicted molar refractivity (Wildman–Crippen MR) is 74.1 cm³/mol. The summed E-state index contributed by atoms with van der Waals surface area (Å²) in [5, 5.41) is 9.44. The van der Waals surface area contributed by atoms with Gasteiger partial charge < -0.3 is 14.6 Å². The van der Waals surface area contributed by atoms with Crippen LogP contribution in [-0.2, 0) is 9.53 Å². The van der Waals surface area contributed by atoms with Crippen molar-refractivity contribution in [2.45, 2.75) is 13.8 Å². The van der Waals surface area contributed by atoms with E-state index >= 15 is 0 Å². The minimum atomic E-state index is -0.409. The average molecular weight is 262 g/mol. The maximum atomic E-state index is 11.4. The van der Waals surface area contributed by atoms with E-state index in [1.807, 2.05) is 19.9 Å². The maximum absolute atomic E-state index is 11.4. The molecular weight excluding hydrogens is 244 g/mol. The highest BCUT2D eigenvalue weighted by atomic mass is 16.5. The molecule has 0 atom stereocenters. The molecule has 0 heterocycles. The van der Waals surface area contributed by atoms with Gasteiger partial charge in [0.2, 0.25) is 0 Å². The van der Waals surface area contributed by atoms with Gasteiger partial charge in [-0.05, 0) is 43.2 Å². The number of rotatable bonds is 5. The van der Waals surface area contributed by atoms with Crippen molar-refractivity contribution in [3.8, 4) is 11.5 Å².